The van der Waals surface area contributed by atoms with Crippen molar-refractivity contribution in [1.29, 1.82) is 10.5 Å². The fourth-order valence-electron chi connectivity index (χ4n) is 8.67. The molecule has 8 rings (SSSR count). The Morgan fingerprint density at radius 3 is 1.15 bits per heavy atom. The summed E-state index contributed by atoms with van der Waals surface area (Å²) in [6.45, 7) is 35.5. The molecule has 27 nitrogen and oxygen atoms in total. The second-order valence-electron chi connectivity index (χ2n) is 22.5. The van der Waals surface area contributed by atoms with Crippen LogP contribution in [-0.2, 0) is 38.7 Å². The van der Waals surface area contributed by atoms with E-state index in [9.17, 15) is 49.8 Å². The number of halogens is 3. The van der Waals surface area contributed by atoms with Crippen LogP contribution in [0.3, 0.4) is 0 Å². The molecule has 0 atom stereocenters. The zero-order valence-corrected chi connectivity index (χ0v) is 66.3. The predicted molar refractivity (Wildman–Crippen MR) is 433 cm³/mol. The number of hydrogen-bond donors (Lipinski definition) is 0. The smallest absolute Gasteiger partial charge is 0.335 e. The largest absolute Gasteiger partial charge is 0.378 e. The highest BCUT2D eigenvalue weighted by atomic mass is 79.9. The van der Waals surface area contributed by atoms with Gasteiger partial charge in [-0.1, -0.05) is 101 Å². The first-order valence-electron chi connectivity index (χ1n) is 33.0. The second-order valence-corrected chi connectivity index (χ2v) is 26.4. The lowest BCUT2D eigenvalue weighted by Crippen LogP contribution is -2.08. The number of nitro benzene ring substituents is 4. The van der Waals surface area contributed by atoms with Gasteiger partial charge in [0, 0.05) is 104 Å². The summed E-state index contributed by atoms with van der Waals surface area (Å²) in [5, 5.41) is 61.0. The van der Waals surface area contributed by atoms with E-state index < -0.39 is 35.9 Å². The van der Waals surface area contributed by atoms with Gasteiger partial charge in [-0.05, 0) is 172 Å². The summed E-state index contributed by atoms with van der Waals surface area (Å²) < 4.78 is 54.0. The summed E-state index contributed by atoms with van der Waals surface area (Å²) in [5.74, 6) is 0. The summed E-state index contributed by atoms with van der Waals surface area (Å²) in [7, 11) is 7.57. The molecule has 0 unspecified atom stereocenters. The molecule has 0 bridgehead atoms. The van der Waals surface area contributed by atoms with Crippen LogP contribution in [0.1, 0.15) is 101 Å². The van der Waals surface area contributed by atoms with Crippen LogP contribution in [-0.4, -0.2) is 101 Å². The summed E-state index contributed by atoms with van der Waals surface area (Å²) in [6, 6.07) is 51.4. The van der Waals surface area contributed by atoms with Gasteiger partial charge in [0.1, 0.15) is 17.9 Å². The van der Waals surface area contributed by atoms with Gasteiger partial charge >= 0.3 is 16.2 Å². The lowest BCUT2D eigenvalue weighted by atomic mass is 10.0. The first-order valence-corrected chi connectivity index (χ1v) is 37.0. The average molecular weight is 1610 g/mol. The maximum absolute atomic E-state index is 12.3. The molecule has 0 amide bonds. The molecule has 0 radical (unpaired) electrons. The third-order valence-corrected chi connectivity index (χ3v) is 18.2. The molecular formula is C78H85BrF2N12O15P2. The predicted octanol–water partition coefficient (Wildman–Crippen LogP) is 21.9. The highest BCUT2D eigenvalue weighted by molar-refractivity contribution is 9.08. The van der Waals surface area contributed by atoms with Crippen molar-refractivity contribution in [2.24, 2.45) is 0 Å². The number of alkyl halides is 1. The van der Waals surface area contributed by atoms with Gasteiger partial charge in [-0.15, -0.1) is 0 Å². The molecule has 0 aliphatic rings. The monoisotopic (exact) mass is 1610 g/mol. The lowest BCUT2D eigenvalue weighted by molar-refractivity contribution is -0.385. The molecular weight excluding hydrogens is 1520 g/mol. The molecule has 0 saturated carbocycles. The van der Waals surface area contributed by atoms with E-state index in [0.717, 1.165) is 62.2 Å². The van der Waals surface area contributed by atoms with Crippen LogP contribution < -0.4 is 14.7 Å². The zero-order chi connectivity index (χ0) is 82.9. The van der Waals surface area contributed by atoms with Crippen molar-refractivity contribution in [3.8, 4) is 12.1 Å². The number of aldehydes is 1. The molecule has 0 fully saturated rings. The highest BCUT2D eigenvalue weighted by Gasteiger charge is 2.26. The Morgan fingerprint density at radius 1 is 0.473 bits per heavy atom. The van der Waals surface area contributed by atoms with E-state index in [1.54, 1.807) is 45.0 Å². The normalized spacial score (nSPS) is 10.0. The van der Waals surface area contributed by atoms with Crippen molar-refractivity contribution < 1.29 is 60.8 Å². The molecule has 0 aliphatic carbocycles. The Morgan fingerprint density at radius 2 is 0.809 bits per heavy atom. The maximum atomic E-state index is 12.3. The molecule has 0 saturated heterocycles. The van der Waals surface area contributed by atoms with Crippen LogP contribution in [0.2, 0.25) is 0 Å². The lowest BCUT2D eigenvalue weighted by Gasteiger charge is -2.16. The van der Waals surface area contributed by atoms with Crippen molar-refractivity contribution in [2.45, 2.75) is 60.0 Å². The Kier molecular flexibility index (Phi) is 46.4. The van der Waals surface area contributed by atoms with Gasteiger partial charge in [0.2, 0.25) is 0 Å². The van der Waals surface area contributed by atoms with Gasteiger partial charge < -0.3 is 37.3 Å². The second kappa shape index (κ2) is 53.0. The quantitative estimate of drug-likeness (QED) is 0.00975. The van der Waals surface area contributed by atoms with Gasteiger partial charge in [0.15, 0.2) is 0 Å². The van der Waals surface area contributed by atoms with E-state index in [-0.39, 0.29) is 64.8 Å². The molecule has 0 aromatic heterocycles. The maximum Gasteiger partial charge on any atom is 0.335 e. The molecule has 0 heterocycles. The first-order chi connectivity index (χ1) is 52.5. The van der Waals surface area contributed by atoms with Crippen molar-refractivity contribution in [3.63, 3.8) is 0 Å². The van der Waals surface area contributed by atoms with Crippen LogP contribution >= 0.6 is 32.1 Å². The average Bonchev–Trinajstić information content (AvgIpc) is 0.827. The number of nitriles is 2. The number of anilines is 3. The molecule has 32 heteroatoms. The third-order valence-electron chi connectivity index (χ3n) is 14.1. The minimum absolute atomic E-state index is 0.0543. The van der Waals surface area contributed by atoms with Crippen LogP contribution in [0, 0.1) is 96.7 Å². The Labute approximate surface area is 649 Å². The molecule has 0 N–H and O–H groups in total. The molecule has 110 heavy (non-hydrogen) atoms. The SMILES string of the molecule is CCOP(OCC)OCC.CN(C)c1ccc(/C=C/c2ccc(C#N)c([N+](=O)[O-])c2)cc1.CN(C)c1ccc(C=O)cc1.Cc1cc(/C=C/c2ccc(N(C)C)cc2)ccc1C#N.F[18F].[C-]#[N+]c1ccc(C)cc1[N+](=O)[O-].[C-]#[N+]c1ccc(CBr)cc1[N+](=O)[O-].[C-]#[N+]c1ccc(CP(=O)(OCC)OCC)cc1[N+](=O)[O-]. The van der Waals surface area contributed by atoms with E-state index >= 15 is 0 Å². The number of aryl methyl sites for hydroxylation is 2. The number of carbonyl (C=O) groups excluding carboxylic acids is 1. The minimum Gasteiger partial charge on any atom is -0.378 e. The van der Waals surface area contributed by atoms with Gasteiger partial charge in [0.05, 0.1) is 90.2 Å². The number of nitro groups is 4. The zero-order valence-electron chi connectivity index (χ0n) is 62.9. The Balaban J connectivity index is 0.000000651. The van der Waals surface area contributed by atoms with Gasteiger partial charge in [-0.2, -0.15) is 10.5 Å². The highest BCUT2D eigenvalue weighted by Crippen LogP contribution is 2.52. The topological polar surface area (TPSA) is 323 Å². The van der Waals surface area contributed by atoms with Crippen LogP contribution in [0.5, 0.6) is 0 Å². The fourth-order valence-corrected chi connectivity index (χ4v) is 11.6. The molecule has 0 aliphatic heterocycles. The van der Waals surface area contributed by atoms with E-state index in [1.807, 2.05) is 159 Å². The summed E-state index contributed by atoms with van der Waals surface area (Å²) in [5.41, 5.74) is 11.3. The summed E-state index contributed by atoms with van der Waals surface area (Å²) in [6.07, 6.45) is 8.61. The van der Waals surface area contributed by atoms with Crippen LogP contribution in [0.25, 0.3) is 38.8 Å². The van der Waals surface area contributed by atoms with Crippen LogP contribution in [0.15, 0.2) is 164 Å². The molecule has 8 aromatic carbocycles. The third kappa shape index (κ3) is 35.3. The van der Waals surface area contributed by atoms with Crippen molar-refractivity contribution in [2.75, 3.05) is 90.0 Å². The van der Waals surface area contributed by atoms with E-state index in [0.29, 0.717) is 36.3 Å². The number of carbonyl (C=O) groups is 1. The standard InChI is InChI=1S/C18H18N2.C17H15N3O2.C12H15N2O5P.C9H11NO.C8H5BrN2O2.C8H6N2O2.C6H15O3P.F2/c1-14-12-16(6-9-17(14)13-19)5-4-15-7-10-18(11-8-15)20(2)3;1-19(2)16-9-6-13(7-10-16)3-4-14-5-8-15(12-18)17(11-14)20(21)22;1-4-18-20(17,19-5-2)9-10-6-7-11(13-3)12(8-10)14(15)16;1-10(2)9-5-3-8(7-11)4-6-9;1-10-7-3-2-6(5-9)4-8(7)11(12)13;1-6-3-4-7(9-2)8(5-6)10(11)12;1-4-7-10(8-5-2)9-6-3;1-2/h4-12H,1-3H3;3-11H,1-2H3;6-8H,4-5,9H2,1-2H3;3-7H,1-2H3;2-4H,5H2;3-5H,1H3;4-6H2,1-3H3;/b5-4+;4-3+;;;;;;/i;;;;;;;1-1. The van der Waals surface area contributed by atoms with Crippen molar-refractivity contribution in [1.82, 2.24) is 0 Å². The van der Waals surface area contributed by atoms with Crippen molar-refractivity contribution >= 4 is 120 Å². The van der Waals surface area contributed by atoms with Gasteiger partial charge in [-0.25, -0.2) is 14.5 Å². The number of rotatable bonds is 25. The fraction of sp³-hybridized carbons (Fsp3) is 0.256. The molecule has 0 spiro atoms. The number of benzene rings is 8. The number of nitrogens with zero attached hydrogens (tertiary/aromatic N) is 12. The Bertz CT molecular complexity index is 4600. The van der Waals surface area contributed by atoms with Crippen molar-refractivity contribution in [3.05, 3.63) is 300 Å². The summed E-state index contributed by atoms with van der Waals surface area (Å²) >= 11 is 3.19. The van der Waals surface area contributed by atoms with Gasteiger partial charge in [0.25, 0.3) is 39.8 Å². The van der Waals surface area contributed by atoms with E-state index in [1.165, 1.54) is 60.3 Å². The minimum atomic E-state index is -3.31. The number of hydrogen-bond acceptors (Lipinski definition) is 20. The van der Waals surface area contributed by atoms with E-state index in [2.05, 4.69) is 77.9 Å². The molecule has 8 aromatic rings. The van der Waals surface area contributed by atoms with Gasteiger partial charge in [-0.3, -0.25) is 49.8 Å². The first kappa shape index (κ1) is 96.2. The molecule has 578 valence electrons. The summed E-state index contributed by atoms with van der Waals surface area (Å²) in [4.78, 5) is 66.0. The van der Waals surface area contributed by atoms with Crippen LogP contribution in [0.4, 0.5) is 66.0 Å². The Hall–Kier alpha value is -11.8. The van der Waals surface area contributed by atoms with E-state index in [4.69, 9.17) is 62.0 Å².